The van der Waals surface area contributed by atoms with Crippen molar-refractivity contribution in [2.75, 3.05) is 25.6 Å². The van der Waals surface area contributed by atoms with Gasteiger partial charge in [-0.25, -0.2) is 0 Å². The van der Waals surface area contributed by atoms with Gasteiger partial charge in [0.1, 0.15) is 0 Å². The normalized spacial score (nSPS) is 12.5. The van der Waals surface area contributed by atoms with Gasteiger partial charge in [0, 0.05) is 13.7 Å². The minimum atomic E-state index is -0.653. The van der Waals surface area contributed by atoms with E-state index in [2.05, 4.69) is 20.5 Å². The van der Waals surface area contributed by atoms with Gasteiger partial charge in [-0.1, -0.05) is 11.6 Å². The molecule has 0 aliphatic rings. The van der Waals surface area contributed by atoms with Crippen molar-refractivity contribution in [3.63, 3.8) is 0 Å². The van der Waals surface area contributed by atoms with Crippen molar-refractivity contribution in [2.45, 2.75) is 6.10 Å². The van der Waals surface area contributed by atoms with Crippen molar-refractivity contribution < 1.29 is 9.84 Å². The van der Waals surface area contributed by atoms with Crippen LogP contribution in [0.15, 0.2) is 0 Å². The maximum atomic E-state index is 9.34. The van der Waals surface area contributed by atoms with Gasteiger partial charge in [0.2, 0.25) is 5.28 Å². The van der Waals surface area contributed by atoms with Gasteiger partial charge in [-0.05, 0) is 11.6 Å². The van der Waals surface area contributed by atoms with Gasteiger partial charge in [0.05, 0.1) is 12.7 Å². The monoisotopic (exact) mass is 252 g/mol. The molecule has 0 aliphatic heterocycles. The highest BCUT2D eigenvalue weighted by atomic mass is 35.5. The predicted molar refractivity (Wildman–Crippen MR) is 56.2 cm³/mol. The van der Waals surface area contributed by atoms with Crippen molar-refractivity contribution in [1.29, 1.82) is 0 Å². The molecule has 1 aromatic heterocycles. The molecule has 0 amide bonds. The second-order valence-electron chi connectivity index (χ2n) is 2.71. The fourth-order valence-electron chi connectivity index (χ4n) is 0.872. The average Bonchev–Trinajstić information content (AvgIpc) is 2.20. The SMILES string of the molecule is COCC(O)CNc1nc(Cl)nnc1Cl. The predicted octanol–water partition coefficient (Wildman–Crippen LogP) is 0.598. The van der Waals surface area contributed by atoms with Gasteiger partial charge in [0.25, 0.3) is 0 Å². The first kappa shape index (κ1) is 12.4. The Morgan fingerprint density at radius 1 is 1.47 bits per heavy atom. The number of aromatic nitrogens is 3. The fourth-order valence-corrected chi connectivity index (χ4v) is 1.14. The molecule has 15 heavy (non-hydrogen) atoms. The number of methoxy groups -OCH3 is 1. The summed E-state index contributed by atoms with van der Waals surface area (Å²) in [6, 6.07) is 0. The molecule has 0 aromatic carbocycles. The number of nitrogens with one attached hydrogen (secondary N) is 1. The number of ether oxygens (including phenoxy) is 1. The second-order valence-corrected chi connectivity index (χ2v) is 3.41. The molecular formula is C7H10Cl2N4O2. The highest BCUT2D eigenvalue weighted by Crippen LogP contribution is 2.16. The Kier molecular flexibility index (Phi) is 4.97. The summed E-state index contributed by atoms with van der Waals surface area (Å²) in [6.45, 7) is 0.458. The Bertz CT molecular complexity index is 326. The van der Waals surface area contributed by atoms with Crippen molar-refractivity contribution in [3.8, 4) is 0 Å². The number of rotatable bonds is 5. The van der Waals surface area contributed by atoms with Crippen LogP contribution in [0.3, 0.4) is 0 Å². The zero-order valence-electron chi connectivity index (χ0n) is 7.94. The van der Waals surface area contributed by atoms with E-state index in [4.69, 9.17) is 27.9 Å². The number of hydrogen-bond acceptors (Lipinski definition) is 6. The first-order chi connectivity index (χ1) is 7.13. The summed E-state index contributed by atoms with van der Waals surface area (Å²) >= 11 is 11.2. The van der Waals surface area contributed by atoms with E-state index in [1.807, 2.05) is 0 Å². The molecule has 0 saturated carbocycles. The molecule has 2 N–H and O–H groups in total. The van der Waals surface area contributed by atoms with E-state index in [1.165, 1.54) is 7.11 Å². The lowest BCUT2D eigenvalue weighted by Gasteiger charge is -2.11. The summed E-state index contributed by atoms with van der Waals surface area (Å²) in [4.78, 5) is 3.80. The van der Waals surface area contributed by atoms with Crippen molar-refractivity contribution in [1.82, 2.24) is 15.2 Å². The van der Waals surface area contributed by atoms with Crippen LogP contribution in [-0.4, -0.2) is 46.7 Å². The third-order valence-corrected chi connectivity index (χ3v) is 1.90. The lowest BCUT2D eigenvalue weighted by Crippen LogP contribution is -2.24. The minimum absolute atomic E-state index is 0.0110. The molecule has 1 rings (SSSR count). The summed E-state index contributed by atoms with van der Waals surface area (Å²) < 4.78 is 4.75. The van der Waals surface area contributed by atoms with E-state index in [1.54, 1.807) is 0 Å². The molecule has 0 spiro atoms. The molecule has 84 valence electrons. The average molecular weight is 253 g/mol. The highest BCUT2D eigenvalue weighted by Gasteiger charge is 2.08. The van der Waals surface area contributed by atoms with Crippen LogP contribution in [0.1, 0.15) is 0 Å². The van der Waals surface area contributed by atoms with Crippen LogP contribution in [0.4, 0.5) is 5.82 Å². The molecule has 1 aromatic rings. The number of aliphatic hydroxyl groups excluding tert-OH is 1. The topological polar surface area (TPSA) is 80.2 Å². The van der Waals surface area contributed by atoms with Crippen LogP contribution in [0, 0.1) is 0 Å². The van der Waals surface area contributed by atoms with Crippen LogP contribution in [0.2, 0.25) is 10.4 Å². The maximum absolute atomic E-state index is 9.34. The standard InChI is InChI=1S/C7H10Cl2N4O2/c1-15-3-4(14)2-10-6-5(8)12-13-7(9)11-6/h4,14H,2-3H2,1H3,(H,10,11,13). The maximum Gasteiger partial charge on any atom is 0.245 e. The fraction of sp³-hybridized carbons (Fsp3) is 0.571. The van der Waals surface area contributed by atoms with E-state index < -0.39 is 6.10 Å². The summed E-state index contributed by atoms with van der Waals surface area (Å²) in [5.74, 6) is 0.284. The first-order valence-electron chi connectivity index (χ1n) is 4.10. The minimum Gasteiger partial charge on any atom is -0.389 e. The van der Waals surface area contributed by atoms with Gasteiger partial charge < -0.3 is 15.2 Å². The third-order valence-electron chi connectivity index (χ3n) is 1.48. The molecule has 1 unspecified atom stereocenters. The molecule has 0 bridgehead atoms. The van der Waals surface area contributed by atoms with E-state index in [9.17, 15) is 5.11 Å². The molecule has 0 fully saturated rings. The van der Waals surface area contributed by atoms with Crippen LogP contribution in [0.5, 0.6) is 0 Å². The molecular weight excluding hydrogens is 243 g/mol. The number of hydrogen-bond donors (Lipinski definition) is 2. The number of nitrogens with zero attached hydrogens (tertiary/aromatic N) is 3. The van der Waals surface area contributed by atoms with Gasteiger partial charge >= 0.3 is 0 Å². The van der Waals surface area contributed by atoms with Crippen LogP contribution in [-0.2, 0) is 4.74 Å². The largest absolute Gasteiger partial charge is 0.389 e. The zero-order chi connectivity index (χ0) is 11.3. The summed E-state index contributed by atoms with van der Waals surface area (Å²) in [5.41, 5.74) is 0. The Balaban J connectivity index is 2.53. The molecule has 1 heterocycles. The van der Waals surface area contributed by atoms with Crippen molar-refractivity contribution >= 4 is 29.0 Å². The molecule has 6 nitrogen and oxygen atoms in total. The van der Waals surface area contributed by atoms with E-state index in [0.717, 1.165) is 0 Å². The lowest BCUT2D eigenvalue weighted by molar-refractivity contribution is 0.0727. The Morgan fingerprint density at radius 2 is 2.20 bits per heavy atom. The first-order valence-corrected chi connectivity index (χ1v) is 4.85. The van der Waals surface area contributed by atoms with Gasteiger partial charge in [-0.2, -0.15) is 4.98 Å². The molecule has 8 heteroatoms. The Labute approximate surface area is 96.6 Å². The summed E-state index contributed by atoms with van der Waals surface area (Å²) in [6.07, 6.45) is -0.653. The Morgan fingerprint density at radius 3 is 2.87 bits per heavy atom. The van der Waals surface area contributed by atoms with Crippen LogP contribution >= 0.6 is 23.2 Å². The van der Waals surface area contributed by atoms with E-state index in [-0.39, 0.29) is 29.4 Å². The van der Waals surface area contributed by atoms with Crippen LogP contribution < -0.4 is 5.32 Å². The number of halogens is 2. The quantitative estimate of drug-likeness (QED) is 0.799. The number of anilines is 1. The zero-order valence-corrected chi connectivity index (χ0v) is 9.46. The van der Waals surface area contributed by atoms with Crippen molar-refractivity contribution in [2.24, 2.45) is 0 Å². The van der Waals surface area contributed by atoms with E-state index >= 15 is 0 Å². The molecule has 0 saturated heterocycles. The van der Waals surface area contributed by atoms with Gasteiger partial charge in [0.15, 0.2) is 11.0 Å². The van der Waals surface area contributed by atoms with Gasteiger partial charge in [-0.15, -0.1) is 10.2 Å². The second kappa shape index (κ2) is 6.02. The summed E-state index contributed by atoms with van der Waals surface area (Å²) in [7, 11) is 1.50. The number of aliphatic hydroxyl groups is 1. The molecule has 0 radical (unpaired) electrons. The molecule has 0 aliphatic carbocycles. The lowest BCUT2D eigenvalue weighted by atomic mass is 10.4. The molecule has 1 atom stereocenters. The van der Waals surface area contributed by atoms with Gasteiger partial charge in [-0.3, -0.25) is 0 Å². The third kappa shape index (κ3) is 4.13. The Hall–Kier alpha value is -0.690. The van der Waals surface area contributed by atoms with E-state index in [0.29, 0.717) is 0 Å². The highest BCUT2D eigenvalue weighted by molar-refractivity contribution is 6.32. The van der Waals surface area contributed by atoms with Crippen LogP contribution in [0.25, 0.3) is 0 Å². The van der Waals surface area contributed by atoms with Crippen molar-refractivity contribution in [3.05, 3.63) is 10.4 Å². The summed E-state index contributed by atoms with van der Waals surface area (Å²) in [5, 5.41) is 19.2. The smallest absolute Gasteiger partial charge is 0.245 e.